The molecule has 0 saturated carbocycles. The van der Waals surface area contributed by atoms with E-state index in [1.165, 1.54) is 12.1 Å². The van der Waals surface area contributed by atoms with E-state index in [1.807, 2.05) is 0 Å². The van der Waals surface area contributed by atoms with Gasteiger partial charge in [0.15, 0.2) is 10.9 Å². The van der Waals surface area contributed by atoms with Gasteiger partial charge in [-0.05, 0) is 36.4 Å². The number of anilines is 1. The molecular weight excluding hydrogens is 417 g/mol. The van der Waals surface area contributed by atoms with E-state index in [1.54, 1.807) is 29.2 Å². The molecule has 0 radical (unpaired) electrons. The highest BCUT2D eigenvalue weighted by atomic mass is 32.1. The molecule has 1 aromatic carbocycles. The van der Waals surface area contributed by atoms with Crippen molar-refractivity contribution in [3.05, 3.63) is 46.4 Å². The number of amides is 3. The summed E-state index contributed by atoms with van der Waals surface area (Å²) in [5, 5.41) is 3.21. The zero-order valence-electron chi connectivity index (χ0n) is 15.7. The van der Waals surface area contributed by atoms with E-state index < -0.39 is 23.2 Å². The summed E-state index contributed by atoms with van der Waals surface area (Å²) in [6, 6.07) is 9.33. The van der Waals surface area contributed by atoms with Gasteiger partial charge in [0.1, 0.15) is 19.3 Å². The predicted octanol–water partition coefficient (Wildman–Crippen LogP) is 1.80. The molecule has 9 nitrogen and oxygen atoms in total. The molecule has 11 heteroatoms. The summed E-state index contributed by atoms with van der Waals surface area (Å²) in [7, 11) is 0. The fourth-order valence-corrected chi connectivity index (χ4v) is 3.66. The molecule has 0 spiro atoms. The highest BCUT2D eigenvalue weighted by molar-refractivity contribution is 7.12. The summed E-state index contributed by atoms with van der Waals surface area (Å²) in [4.78, 5) is 43.3. The molecule has 3 heterocycles. The Kier molecular flexibility index (Phi) is 5.81. The lowest BCUT2D eigenvalue weighted by Crippen LogP contribution is -2.41. The summed E-state index contributed by atoms with van der Waals surface area (Å²) in [6.07, 6.45) is -1.28. The quantitative estimate of drug-likeness (QED) is 0.743. The monoisotopic (exact) mass is 435 g/mol. The molecule has 3 amide bonds. The van der Waals surface area contributed by atoms with E-state index in [9.17, 15) is 18.8 Å². The minimum absolute atomic E-state index is 0.0528. The third kappa shape index (κ3) is 4.52. The number of rotatable bonds is 6. The first kappa shape index (κ1) is 20.1. The number of benzene rings is 1. The van der Waals surface area contributed by atoms with Gasteiger partial charge in [0.2, 0.25) is 0 Å². The maximum atomic E-state index is 13.0. The molecule has 2 saturated heterocycles. The Bertz CT molecular complexity index is 950. The average Bonchev–Trinajstić information content (AvgIpc) is 3.33. The minimum atomic E-state index is -0.677. The van der Waals surface area contributed by atoms with Gasteiger partial charge < -0.3 is 24.5 Å². The second-order valence-electron chi connectivity index (χ2n) is 6.56. The zero-order chi connectivity index (χ0) is 21.1. The van der Waals surface area contributed by atoms with E-state index >= 15 is 0 Å². The van der Waals surface area contributed by atoms with Crippen molar-refractivity contribution in [2.75, 3.05) is 37.7 Å². The van der Waals surface area contributed by atoms with E-state index in [2.05, 4.69) is 5.32 Å². The van der Waals surface area contributed by atoms with Crippen LogP contribution in [0.4, 0.5) is 14.9 Å². The molecular formula is C19H18FN3O6S. The Balaban J connectivity index is 1.29. The van der Waals surface area contributed by atoms with Crippen LogP contribution in [0.25, 0.3) is 0 Å². The average molecular weight is 435 g/mol. The standard InChI is InChI=1S/C19H18FN3O6S/c20-16-6-5-15(30-16)18(25)21-9-14-10-23(19(26)28-14)29-13-3-1-12(2-4-13)22-7-8-27-11-17(22)24/h1-6,14H,7-11H2,(H,21,25). The number of carbonyl (C=O) groups excluding carboxylic acids is 3. The van der Waals surface area contributed by atoms with Crippen LogP contribution in [0.15, 0.2) is 36.4 Å². The first-order valence-corrected chi connectivity index (χ1v) is 9.99. The van der Waals surface area contributed by atoms with Crippen LogP contribution in [-0.2, 0) is 14.3 Å². The Hall–Kier alpha value is -3.18. The normalized spacial score (nSPS) is 19.0. The van der Waals surface area contributed by atoms with Crippen LogP contribution in [0.5, 0.6) is 5.75 Å². The van der Waals surface area contributed by atoms with E-state index in [0.29, 0.717) is 24.6 Å². The van der Waals surface area contributed by atoms with Crippen LogP contribution in [0.3, 0.4) is 0 Å². The number of morpholine rings is 1. The number of nitrogens with one attached hydrogen (secondary N) is 1. The van der Waals surface area contributed by atoms with Gasteiger partial charge in [0, 0.05) is 12.2 Å². The lowest BCUT2D eigenvalue weighted by molar-refractivity contribution is -0.125. The van der Waals surface area contributed by atoms with Crippen LogP contribution in [0, 0.1) is 5.13 Å². The van der Waals surface area contributed by atoms with Crippen LogP contribution >= 0.6 is 11.3 Å². The third-order valence-electron chi connectivity index (χ3n) is 4.48. The Morgan fingerprint density at radius 2 is 2.03 bits per heavy atom. The maximum absolute atomic E-state index is 13.0. The minimum Gasteiger partial charge on any atom is -0.440 e. The molecule has 1 unspecified atom stereocenters. The lowest BCUT2D eigenvalue weighted by Gasteiger charge is -2.27. The summed E-state index contributed by atoms with van der Waals surface area (Å²) in [5.74, 6) is -0.157. The number of halogens is 1. The van der Waals surface area contributed by atoms with Crippen LogP contribution in [0.2, 0.25) is 0 Å². The van der Waals surface area contributed by atoms with Crippen molar-refractivity contribution in [2.24, 2.45) is 0 Å². The molecule has 1 N–H and O–H groups in total. The topological polar surface area (TPSA) is 97.4 Å². The van der Waals surface area contributed by atoms with Gasteiger partial charge in [-0.3, -0.25) is 9.59 Å². The van der Waals surface area contributed by atoms with Crippen molar-refractivity contribution in [3.63, 3.8) is 0 Å². The Morgan fingerprint density at radius 1 is 1.23 bits per heavy atom. The fraction of sp³-hybridized carbons (Fsp3) is 0.316. The molecule has 158 valence electrons. The van der Waals surface area contributed by atoms with Crippen molar-refractivity contribution in [1.82, 2.24) is 10.4 Å². The highest BCUT2D eigenvalue weighted by Gasteiger charge is 2.33. The van der Waals surface area contributed by atoms with Gasteiger partial charge in [0.25, 0.3) is 11.8 Å². The van der Waals surface area contributed by atoms with Gasteiger partial charge >= 0.3 is 6.09 Å². The molecule has 0 bridgehead atoms. The fourth-order valence-electron chi connectivity index (χ4n) is 3.01. The Morgan fingerprint density at radius 3 is 2.73 bits per heavy atom. The molecule has 2 aromatic rings. The highest BCUT2D eigenvalue weighted by Crippen LogP contribution is 2.23. The SMILES string of the molecule is O=C(NCC1CN(Oc2ccc(N3CCOCC3=O)cc2)C(=O)O1)c1ccc(F)s1. The molecule has 2 fully saturated rings. The summed E-state index contributed by atoms with van der Waals surface area (Å²) in [5.41, 5.74) is 0.713. The first-order chi connectivity index (χ1) is 14.5. The molecule has 1 atom stereocenters. The number of thiophene rings is 1. The zero-order valence-corrected chi connectivity index (χ0v) is 16.5. The number of hydroxylamine groups is 2. The van der Waals surface area contributed by atoms with Gasteiger partial charge in [-0.15, -0.1) is 16.4 Å². The second-order valence-corrected chi connectivity index (χ2v) is 7.60. The van der Waals surface area contributed by atoms with Gasteiger partial charge in [-0.25, -0.2) is 4.79 Å². The largest absolute Gasteiger partial charge is 0.443 e. The smallest absolute Gasteiger partial charge is 0.440 e. The second kappa shape index (κ2) is 8.67. The number of carbonyl (C=O) groups is 3. The van der Waals surface area contributed by atoms with Crippen molar-refractivity contribution in [3.8, 4) is 5.75 Å². The number of nitrogens with zero attached hydrogens (tertiary/aromatic N) is 2. The first-order valence-electron chi connectivity index (χ1n) is 9.17. The summed E-state index contributed by atoms with van der Waals surface area (Å²) >= 11 is 0.740. The maximum Gasteiger partial charge on any atom is 0.443 e. The molecule has 0 aliphatic carbocycles. The van der Waals surface area contributed by atoms with Crippen LogP contribution < -0.4 is 15.1 Å². The van der Waals surface area contributed by atoms with E-state index in [0.717, 1.165) is 16.4 Å². The van der Waals surface area contributed by atoms with Crippen molar-refractivity contribution in [1.29, 1.82) is 0 Å². The summed E-state index contributed by atoms with van der Waals surface area (Å²) < 4.78 is 23.3. The van der Waals surface area contributed by atoms with Crippen molar-refractivity contribution in [2.45, 2.75) is 6.10 Å². The van der Waals surface area contributed by atoms with E-state index in [-0.39, 0.29) is 30.5 Å². The summed E-state index contributed by atoms with van der Waals surface area (Å²) in [6.45, 7) is 1.19. The molecule has 4 rings (SSSR count). The van der Waals surface area contributed by atoms with Gasteiger partial charge in [-0.2, -0.15) is 4.39 Å². The van der Waals surface area contributed by atoms with Crippen LogP contribution in [0.1, 0.15) is 9.67 Å². The lowest BCUT2D eigenvalue weighted by atomic mass is 10.2. The molecule has 2 aliphatic rings. The predicted molar refractivity (Wildman–Crippen MR) is 104 cm³/mol. The number of hydrogen-bond donors (Lipinski definition) is 1. The molecule has 1 aromatic heterocycles. The third-order valence-corrected chi connectivity index (χ3v) is 5.35. The molecule has 2 aliphatic heterocycles. The van der Waals surface area contributed by atoms with Crippen molar-refractivity contribution < 1.29 is 33.1 Å². The number of cyclic esters (lactones) is 1. The van der Waals surface area contributed by atoms with Gasteiger partial charge in [-0.1, -0.05) is 0 Å². The number of hydrogen-bond acceptors (Lipinski definition) is 7. The number of ether oxygens (including phenoxy) is 2. The van der Waals surface area contributed by atoms with Crippen LogP contribution in [-0.4, -0.2) is 61.9 Å². The van der Waals surface area contributed by atoms with E-state index in [4.69, 9.17) is 14.3 Å². The molecule has 30 heavy (non-hydrogen) atoms. The Labute approximate surface area is 174 Å². The van der Waals surface area contributed by atoms with Crippen molar-refractivity contribution >= 4 is 34.9 Å². The van der Waals surface area contributed by atoms with Gasteiger partial charge in [0.05, 0.1) is 18.0 Å².